The molecule has 0 aliphatic carbocycles. The van der Waals surface area contributed by atoms with E-state index in [4.69, 9.17) is 4.74 Å². The molecule has 0 amide bonds. The summed E-state index contributed by atoms with van der Waals surface area (Å²) in [5.74, 6) is 7.69. The SMILES string of the molecule is CCC[CH2][Sn]([CH2]CCC)([CH2]CCC)[c]1cc(C#Cc2ccc(N(C)C)cc2)ccc1OCCF. The van der Waals surface area contributed by atoms with Crippen molar-refractivity contribution in [2.45, 2.75) is 72.6 Å². The van der Waals surface area contributed by atoms with E-state index in [1.165, 1.54) is 61.1 Å². The summed E-state index contributed by atoms with van der Waals surface area (Å²) in [7, 11) is 4.09. The summed E-state index contributed by atoms with van der Waals surface area (Å²) in [6.45, 7) is 6.56. The van der Waals surface area contributed by atoms with Gasteiger partial charge in [-0.15, -0.1) is 0 Å². The molecule has 186 valence electrons. The first-order valence-corrected chi connectivity index (χ1v) is 20.6. The predicted octanol–water partition coefficient (Wildman–Crippen LogP) is 7.56. The fraction of sp³-hybridized carbons (Fsp3) is 0.533. The van der Waals surface area contributed by atoms with E-state index in [9.17, 15) is 4.39 Å². The third-order valence-electron chi connectivity index (χ3n) is 6.65. The van der Waals surface area contributed by atoms with Gasteiger partial charge in [-0.05, 0) is 0 Å². The average Bonchev–Trinajstić information content (AvgIpc) is 2.86. The second kappa shape index (κ2) is 15.3. The van der Waals surface area contributed by atoms with Gasteiger partial charge in [0.2, 0.25) is 0 Å². The van der Waals surface area contributed by atoms with Gasteiger partial charge < -0.3 is 0 Å². The van der Waals surface area contributed by atoms with Crippen molar-refractivity contribution in [3.05, 3.63) is 53.6 Å². The van der Waals surface area contributed by atoms with Gasteiger partial charge in [0.15, 0.2) is 0 Å². The third-order valence-corrected chi connectivity index (χ3v) is 22.2. The van der Waals surface area contributed by atoms with E-state index in [0.717, 1.165) is 16.9 Å². The Labute approximate surface area is 212 Å². The molecule has 0 radical (unpaired) electrons. The number of hydrogen-bond acceptors (Lipinski definition) is 2. The van der Waals surface area contributed by atoms with Crippen LogP contribution in [0.1, 0.15) is 70.4 Å². The molecule has 0 fully saturated rings. The van der Waals surface area contributed by atoms with Crippen LogP contribution in [0.3, 0.4) is 0 Å². The normalized spacial score (nSPS) is 11.1. The number of hydrogen-bond donors (Lipinski definition) is 0. The Bertz CT molecular complexity index is 892. The molecule has 0 N–H and O–H groups in total. The number of benzene rings is 2. The minimum absolute atomic E-state index is 0.132. The van der Waals surface area contributed by atoms with Crippen LogP contribution in [-0.4, -0.2) is 45.8 Å². The fourth-order valence-corrected chi connectivity index (χ4v) is 21.1. The summed E-state index contributed by atoms with van der Waals surface area (Å²) in [5, 5.41) is 0. The molecule has 0 unspecified atom stereocenters. The second-order valence-electron chi connectivity index (χ2n) is 9.53. The van der Waals surface area contributed by atoms with Crippen molar-refractivity contribution >= 4 is 27.6 Å². The first kappa shape index (κ1) is 28.6. The minimum atomic E-state index is -2.76. The summed E-state index contributed by atoms with van der Waals surface area (Å²) < 4.78 is 24.5. The molecule has 4 heteroatoms. The Morgan fingerprint density at radius 3 is 1.82 bits per heavy atom. The van der Waals surface area contributed by atoms with Gasteiger partial charge in [0.1, 0.15) is 0 Å². The predicted molar refractivity (Wildman–Crippen MR) is 149 cm³/mol. The van der Waals surface area contributed by atoms with E-state index < -0.39 is 25.1 Å². The van der Waals surface area contributed by atoms with Crippen molar-refractivity contribution in [1.29, 1.82) is 0 Å². The molecule has 34 heavy (non-hydrogen) atoms. The van der Waals surface area contributed by atoms with Crippen molar-refractivity contribution in [2.24, 2.45) is 0 Å². The molecule has 0 heterocycles. The third kappa shape index (κ3) is 8.52. The van der Waals surface area contributed by atoms with Gasteiger partial charge in [0.25, 0.3) is 0 Å². The summed E-state index contributed by atoms with van der Waals surface area (Å²) in [4.78, 5) is 2.09. The molecule has 2 aromatic rings. The summed E-state index contributed by atoms with van der Waals surface area (Å²) in [6.07, 6.45) is 7.50. The van der Waals surface area contributed by atoms with Crippen molar-refractivity contribution < 1.29 is 9.13 Å². The molecule has 0 spiro atoms. The zero-order valence-electron chi connectivity index (χ0n) is 22.1. The molecule has 2 rings (SSSR count). The van der Waals surface area contributed by atoms with E-state index in [2.05, 4.69) is 73.9 Å². The van der Waals surface area contributed by atoms with Crippen LogP contribution in [0, 0.1) is 11.8 Å². The Hall–Kier alpha value is -1.67. The molecule has 0 atom stereocenters. The van der Waals surface area contributed by atoms with Crippen LogP contribution in [0.5, 0.6) is 5.75 Å². The van der Waals surface area contributed by atoms with Gasteiger partial charge in [-0.3, -0.25) is 0 Å². The number of nitrogens with zero attached hydrogens (tertiary/aromatic N) is 1. The van der Waals surface area contributed by atoms with Gasteiger partial charge >= 0.3 is 213 Å². The molecule has 0 aliphatic heterocycles. The number of rotatable bonds is 14. The van der Waals surface area contributed by atoms with E-state index in [0.29, 0.717) is 0 Å². The van der Waals surface area contributed by atoms with Crippen molar-refractivity contribution in [3.63, 3.8) is 0 Å². The number of alkyl halides is 1. The second-order valence-corrected chi connectivity index (χ2v) is 22.7. The number of anilines is 1. The average molecular weight is 572 g/mol. The number of unbranched alkanes of at least 4 members (excludes halogenated alkanes) is 3. The summed E-state index contributed by atoms with van der Waals surface area (Å²) in [6, 6.07) is 14.8. The van der Waals surface area contributed by atoms with Crippen LogP contribution in [0.15, 0.2) is 42.5 Å². The molecule has 2 nitrogen and oxygen atoms in total. The van der Waals surface area contributed by atoms with Crippen LogP contribution in [0.25, 0.3) is 0 Å². The van der Waals surface area contributed by atoms with Crippen molar-refractivity contribution in [3.8, 4) is 17.6 Å². The summed E-state index contributed by atoms with van der Waals surface area (Å²) >= 11 is -2.76. The molecule has 0 saturated heterocycles. The fourth-order valence-electron chi connectivity index (χ4n) is 4.61. The molecule has 0 saturated carbocycles. The van der Waals surface area contributed by atoms with E-state index in [-0.39, 0.29) is 6.61 Å². The first-order chi connectivity index (χ1) is 16.5. The molecule has 0 aromatic heterocycles. The zero-order valence-corrected chi connectivity index (χ0v) is 24.9. The van der Waals surface area contributed by atoms with Gasteiger partial charge in [-0.25, -0.2) is 0 Å². The Morgan fingerprint density at radius 2 is 1.32 bits per heavy atom. The van der Waals surface area contributed by atoms with Crippen LogP contribution >= 0.6 is 0 Å². The van der Waals surface area contributed by atoms with Crippen LogP contribution < -0.4 is 13.2 Å². The maximum atomic E-state index is 13.0. The monoisotopic (exact) mass is 573 g/mol. The first-order valence-electron chi connectivity index (χ1n) is 13.1. The number of halogens is 1. The van der Waals surface area contributed by atoms with E-state index in [1.807, 2.05) is 20.2 Å². The molecular formula is C30H44FNOSn. The van der Waals surface area contributed by atoms with Crippen LogP contribution in [0.4, 0.5) is 10.1 Å². The van der Waals surface area contributed by atoms with Gasteiger partial charge in [0.05, 0.1) is 0 Å². The maximum absolute atomic E-state index is 13.0. The van der Waals surface area contributed by atoms with Crippen molar-refractivity contribution in [2.75, 3.05) is 32.3 Å². The topological polar surface area (TPSA) is 12.5 Å². The molecular weight excluding hydrogens is 528 g/mol. The van der Waals surface area contributed by atoms with Gasteiger partial charge in [0, 0.05) is 0 Å². The standard InChI is InChI=1S/C18H17FNO.3C4H9.Sn/c1-20(2)17-9-5-15(6-10-17)3-4-16-7-11-18(12-8-16)21-14-13-19;3*1-3-4-2;/h5-11H,13-14H2,1-2H3;3*1,3-4H2,2H3;. The molecule has 0 bridgehead atoms. The van der Waals surface area contributed by atoms with Crippen molar-refractivity contribution in [1.82, 2.24) is 0 Å². The zero-order chi connectivity index (χ0) is 24.8. The summed E-state index contributed by atoms with van der Waals surface area (Å²) in [5.41, 5.74) is 3.23. The Morgan fingerprint density at radius 1 is 0.794 bits per heavy atom. The van der Waals surface area contributed by atoms with Gasteiger partial charge in [-0.1, -0.05) is 0 Å². The van der Waals surface area contributed by atoms with E-state index in [1.54, 1.807) is 0 Å². The Balaban J connectivity index is 2.51. The molecule has 0 aliphatic rings. The quantitative estimate of drug-likeness (QED) is 0.171. The van der Waals surface area contributed by atoms with Crippen LogP contribution in [-0.2, 0) is 0 Å². The van der Waals surface area contributed by atoms with Gasteiger partial charge in [-0.2, -0.15) is 0 Å². The Kier molecular flexibility index (Phi) is 12.9. The van der Waals surface area contributed by atoms with Crippen LogP contribution in [0.2, 0.25) is 13.3 Å². The van der Waals surface area contributed by atoms with E-state index >= 15 is 0 Å². The number of ether oxygens (including phenoxy) is 1. The molecule has 2 aromatic carbocycles.